The first-order chi connectivity index (χ1) is 2.30. The van der Waals surface area contributed by atoms with Crippen molar-refractivity contribution < 1.29 is 14.6 Å². The van der Waals surface area contributed by atoms with E-state index in [9.17, 15) is 4.79 Å². The fourth-order valence-electron chi connectivity index (χ4n) is 0.0760. The predicted molar refractivity (Wildman–Crippen MR) is 12.1 cm³/mol. The minimum Gasteiger partial charge on any atom is -0.419 e. The molecule has 0 amide bonds. The summed E-state index contributed by atoms with van der Waals surface area (Å²) in [6.07, 6.45) is -1.09. The van der Waals surface area contributed by atoms with E-state index in [1.54, 1.807) is 0 Å². The molecule has 0 saturated carbocycles. The molecule has 1 atom stereocenters. The molecule has 0 radical (unpaired) electrons. The van der Waals surface area contributed by atoms with Crippen molar-refractivity contribution in [2.75, 3.05) is 0 Å². The SMILES string of the molecule is O=C1OC1O. The second-order valence-electron chi connectivity index (χ2n) is 0.789. The van der Waals surface area contributed by atoms with Crippen LogP contribution in [0.4, 0.5) is 0 Å². The van der Waals surface area contributed by atoms with Crippen LogP contribution in [0.15, 0.2) is 0 Å². The van der Waals surface area contributed by atoms with Gasteiger partial charge in [0.15, 0.2) is 0 Å². The van der Waals surface area contributed by atoms with Crippen LogP contribution in [0.3, 0.4) is 0 Å². The molecular weight excluding hydrogens is 72.0 g/mol. The Kier molecular flexibility index (Phi) is 0.260. The topological polar surface area (TPSA) is 49.8 Å². The van der Waals surface area contributed by atoms with Crippen LogP contribution < -0.4 is 0 Å². The molecule has 0 aromatic rings. The van der Waals surface area contributed by atoms with E-state index in [-0.39, 0.29) is 0 Å². The van der Waals surface area contributed by atoms with Crippen molar-refractivity contribution in [3.63, 3.8) is 0 Å². The van der Waals surface area contributed by atoms with Gasteiger partial charge in [-0.2, -0.15) is 0 Å². The maximum Gasteiger partial charge on any atom is 0.379 e. The van der Waals surface area contributed by atoms with Crippen molar-refractivity contribution in [2.24, 2.45) is 0 Å². The third kappa shape index (κ3) is 0.238. The van der Waals surface area contributed by atoms with Gasteiger partial charge in [0.1, 0.15) is 0 Å². The summed E-state index contributed by atoms with van der Waals surface area (Å²) in [6, 6.07) is 0. The van der Waals surface area contributed by atoms with Crippen LogP contribution in [-0.2, 0) is 9.53 Å². The molecule has 5 heavy (non-hydrogen) atoms. The molecule has 28 valence electrons. The van der Waals surface area contributed by atoms with Crippen LogP contribution in [0.1, 0.15) is 0 Å². The van der Waals surface area contributed by atoms with Crippen LogP contribution in [-0.4, -0.2) is 17.4 Å². The summed E-state index contributed by atoms with van der Waals surface area (Å²) in [5.41, 5.74) is 0. The lowest BCUT2D eigenvalue weighted by Crippen LogP contribution is -1.76. The van der Waals surface area contributed by atoms with E-state index in [1.165, 1.54) is 0 Å². The molecule has 1 rings (SSSR count). The molecule has 1 saturated heterocycles. The number of epoxide rings is 1. The third-order valence-electron chi connectivity index (χ3n) is 0.372. The second-order valence-corrected chi connectivity index (χ2v) is 0.789. The van der Waals surface area contributed by atoms with Gasteiger partial charge in [-0.15, -0.1) is 0 Å². The molecule has 3 heteroatoms. The fraction of sp³-hybridized carbons (Fsp3) is 0.500. The van der Waals surface area contributed by atoms with E-state index >= 15 is 0 Å². The van der Waals surface area contributed by atoms with Crippen LogP contribution in [0, 0.1) is 0 Å². The van der Waals surface area contributed by atoms with E-state index in [0.29, 0.717) is 0 Å². The first-order valence-corrected chi connectivity index (χ1v) is 1.19. The Morgan fingerprint density at radius 1 is 2.00 bits per heavy atom. The Bertz CT molecular complexity index is 67.3. The Morgan fingerprint density at radius 2 is 2.20 bits per heavy atom. The highest BCUT2D eigenvalue weighted by Gasteiger charge is 2.35. The van der Waals surface area contributed by atoms with Gasteiger partial charge < -0.3 is 9.84 Å². The molecular formula is C2H2O3. The van der Waals surface area contributed by atoms with Gasteiger partial charge in [0, 0.05) is 0 Å². The highest BCUT2D eigenvalue weighted by Crippen LogP contribution is 2.04. The Hall–Kier alpha value is -0.570. The molecule has 0 aromatic heterocycles. The molecule has 1 N–H and O–H groups in total. The summed E-state index contributed by atoms with van der Waals surface area (Å²) >= 11 is 0. The number of rotatable bonds is 0. The molecule has 1 heterocycles. The van der Waals surface area contributed by atoms with Gasteiger partial charge in [0.25, 0.3) is 6.29 Å². The van der Waals surface area contributed by atoms with Gasteiger partial charge in [0.05, 0.1) is 0 Å². The molecule has 1 unspecified atom stereocenters. The molecule has 0 bridgehead atoms. The number of hydrogen-bond acceptors (Lipinski definition) is 3. The van der Waals surface area contributed by atoms with E-state index < -0.39 is 12.3 Å². The first kappa shape index (κ1) is 2.66. The highest BCUT2D eigenvalue weighted by atomic mass is 16.7. The normalized spacial score (nSPS) is 33.0. The highest BCUT2D eigenvalue weighted by molar-refractivity contribution is 5.84. The molecule has 1 aliphatic heterocycles. The lowest BCUT2D eigenvalue weighted by molar-refractivity contribution is -0.117. The third-order valence-corrected chi connectivity index (χ3v) is 0.372. The average molecular weight is 74.0 g/mol. The summed E-state index contributed by atoms with van der Waals surface area (Å²) in [7, 11) is 0. The maximum absolute atomic E-state index is 9.41. The zero-order valence-corrected chi connectivity index (χ0v) is 2.34. The summed E-state index contributed by atoms with van der Waals surface area (Å²) < 4.78 is 3.83. The molecule has 1 aliphatic rings. The second kappa shape index (κ2) is 0.490. The lowest BCUT2D eigenvalue weighted by atomic mass is 10.9. The van der Waals surface area contributed by atoms with E-state index in [2.05, 4.69) is 4.74 Å². The van der Waals surface area contributed by atoms with E-state index in [1.807, 2.05) is 0 Å². The van der Waals surface area contributed by atoms with Gasteiger partial charge in [-0.3, -0.25) is 0 Å². The fourth-order valence-corrected chi connectivity index (χ4v) is 0.0760. The van der Waals surface area contributed by atoms with Crippen molar-refractivity contribution in [1.82, 2.24) is 0 Å². The van der Waals surface area contributed by atoms with E-state index in [4.69, 9.17) is 5.11 Å². The van der Waals surface area contributed by atoms with Crippen LogP contribution >= 0.6 is 0 Å². The van der Waals surface area contributed by atoms with Crippen molar-refractivity contribution >= 4 is 5.97 Å². The quantitative estimate of drug-likeness (QED) is 0.369. The minimum absolute atomic E-state index is 0.523. The molecule has 3 nitrogen and oxygen atoms in total. The minimum atomic E-state index is -1.09. The Morgan fingerprint density at radius 3 is 2.20 bits per heavy atom. The number of cyclic esters (lactones) is 1. The van der Waals surface area contributed by atoms with Crippen LogP contribution in [0.2, 0.25) is 0 Å². The van der Waals surface area contributed by atoms with Gasteiger partial charge in [-0.1, -0.05) is 0 Å². The molecule has 1 fully saturated rings. The molecule has 0 spiro atoms. The van der Waals surface area contributed by atoms with E-state index in [0.717, 1.165) is 0 Å². The van der Waals surface area contributed by atoms with Gasteiger partial charge >= 0.3 is 5.97 Å². The smallest absolute Gasteiger partial charge is 0.379 e. The largest absolute Gasteiger partial charge is 0.419 e. The summed E-state index contributed by atoms with van der Waals surface area (Å²) in [6.45, 7) is 0. The van der Waals surface area contributed by atoms with Crippen molar-refractivity contribution in [1.29, 1.82) is 0 Å². The number of hydrogen-bond donors (Lipinski definition) is 1. The Balaban J connectivity index is 2.47. The zero-order chi connectivity index (χ0) is 3.86. The number of carbonyl (C=O) groups excluding carboxylic acids is 1. The standard InChI is InChI=1S/C2H2O3/c3-1-2(4)5-1/h1,3H. The number of carbonyl (C=O) groups is 1. The summed E-state index contributed by atoms with van der Waals surface area (Å²) in [5.74, 6) is -0.523. The van der Waals surface area contributed by atoms with Crippen molar-refractivity contribution in [3.8, 4) is 0 Å². The summed E-state index contributed by atoms with van der Waals surface area (Å²) in [5, 5.41) is 7.86. The number of ether oxygens (including phenoxy) is 1. The zero-order valence-electron chi connectivity index (χ0n) is 2.34. The van der Waals surface area contributed by atoms with Crippen LogP contribution in [0.5, 0.6) is 0 Å². The first-order valence-electron chi connectivity index (χ1n) is 1.19. The van der Waals surface area contributed by atoms with Gasteiger partial charge in [-0.25, -0.2) is 4.79 Å². The lowest BCUT2D eigenvalue weighted by Gasteiger charge is -1.50. The average Bonchev–Trinajstić information content (AvgIpc) is 1.79. The predicted octanol–water partition coefficient (Wildman–Crippen LogP) is -1.14. The van der Waals surface area contributed by atoms with Crippen molar-refractivity contribution in [2.45, 2.75) is 6.29 Å². The number of aliphatic hydroxyl groups excluding tert-OH is 1. The number of aliphatic hydroxyl groups is 1. The maximum atomic E-state index is 9.41. The molecule has 0 aliphatic carbocycles. The Labute approximate surface area is 28.2 Å². The molecule has 0 aromatic carbocycles. The monoisotopic (exact) mass is 74.0 g/mol. The van der Waals surface area contributed by atoms with Crippen molar-refractivity contribution in [3.05, 3.63) is 0 Å². The van der Waals surface area contributed by atoms with Crippen LogP contribution in [0.25, 0.3) is 0 Å². The van der Waals surface area contributed by atoms with Gasteiger partial charge in [0.2, 0.25) is 0 Å². The van der Waals surface area contributed by atoms with Gasteiger partial charge in [-0.05, 0) is 0 Å². The summed E-state index contributed by atoms with van der Waals surface area (Å²) in [4.78, 5) is 9.41.